The van der Waals surface area contributed by atoms with Gasteiger partial charge in [-0.3, -0.25) is 5.32 Å². The zero-order valence-electron chi connectivity index (χ0n) is 12.2. The zero-order chi connectivity index (χ0) is 15.3. The minimum absolute atomic E-state index is 0.430. The van der Waals surface area contributed by atoms with Crippen molar-refractivity contribution in [1.82, 2.24) is 9.97 Å². The molecule has 0 aliphatic heterocycles. The number of ether oxygens (including phenoxy) is 2. The Balaban J connectivity index is 2.03. The van der Waals surface area contributed by atoms with E-state index in [1.165, 1.54) is 6.33 Å². The van der Waals surface area contributed by atoms with E-state index in [0.717, 1.165) is 0 Å². The van der Waals surface area contributed by atoms with Gasteiger partial charge in [-0.15, -0.1) is 0 Å². The van der Waals surface area contributed by atoms with Crippen LogP contribution in [-0.4, -0.2) is 21.7 Å². The van der Waals surface area contributed by atoms with E-state index in [-0.39, 0.29) is 0 Å². The van der Waals surface area contributed by atoms with Crippen LogP contribution < -0.4 is 10.1 Å². The maximum atomic E-state index is 11.7. The molecule has 0 saturated carbocycles. The molecular formula is C15H17N3O3. The summed E-state index contributed by atoms with van der Waals surface area (Å²) in [7, 11) is 0. The molecule has 0 atom stereocenters. The second-order valence-corrected chi connectivity index (χ2v) is 5.30. The fourth-order valence-electron chi connectivity index (χ4n) is 1.52. The number of benzene rings is 1. The Morgan fingerprint density at radius 1 is 1.24 bits per heavy atom. The Kier molecular flexibility index (Phi) is 4.37. The van der Waals surface area contributed by atoms with Gasteiger partial charge in [0.25, 0.3) is 0 Å². The van der Waals surface area contributed by atoms with Crippen molar-refractivity contribution in [3.63, 3.8) is 0 Å². The lowest BCUT2D eigenvalue weighted by molar-refractivity contribution is 0.0636. The number of carbonyl (C=O) groups is 1. The van der Waals surface area contributed by atoms with E-state index in [0.29, 0.717) is 17.3 Å². The van der Waals surface area contributed by atoms with Gasteiger partial charge >= 0.3 is 6.09 Å². The maximum absolute atomic E-state index is 11.7. The van der Waals surface area contributed by atoms with Crippen molar-refractivity contribution >= 4 is 11.8 Å². The second kappa shape index (κ2) is 6.21. The molecular weight excluding hydrogens is 270 g/mol. The van der Waals surface area contributed by atoms with Gasteiger partial charge in [0.1, 0.15) is 17.7 Å². The van der Waals surface area contributed by atoms with Gasteiger partial charge in [0.05, 0.1) is 0 Å². The number of rotatable bonds is 3. The molecule has 2 rings (SSSR count). The third-order valence-corrected chi connectivity index (χ3v) is 2.26. The molecule has 0 unspecified atom stereocenters. The largest absolute Gasteiger partial charge is 0.444 e. The van der Waals surface area contributed by atoms with E-state index >= 15 is 0 Å². The minimum atomic E-state index is -0.543. The van der Waals surface area contributed by atoms with Crippen LogP contribution in [0.1, 0.15) is 20.8 Å². The first-order valence-electron chi connectivity index (χ1n) is 6.46. The molecule has 6 heteroatoms. The first kappa shape index (κ1) is 14.8. The van der Waals surface area contributed by atoms with E-state index in [4.69, 9.17) is 9.47 Å². The summed E-state index contributed by atoms with van der Waals surface area (Å²) in [4.78, 5) is 19.5. The van der Waals surface area contributed by atoms with Crippen LogP contribution in [0.2, 0.25) is 0 Å². The SMILES string of the molecule is CC(C)(C)OC(=O)Nc1cccc(Oc2ccncn2)c1. The third-order valence-electron chi connectivity index (χ3n) is 2.26. The number of nitrogens with zero attached hydrogens (tertiary/aromatic N) is 2. The lowest BCUT2D eigenvalue weighted by Crippen LogP contribution is -2.27. The van der Waals surface area contributed by atoms with Crippen LogP contribution in [0.15, 0.2) is 42.9 Å². The van der Waals surface area contributed by atoms with E-state index in [9.17, 15) is 4.79 Å². The smallest absolute Gasteiger partial charge is 0.412 e. The number of anilines is 1. The van der Waals surface area contributed by atoms with Gasteiger partial charge < -0.3 is 9.47 Å². The molecule has 0 radical (unpaired) electrons. The summed E-state index contributed by atoms with van der Waals surface area (Å²) in [6.07, 6.45) is 2.48. The molecule has 0 bridgehead atoms. The van der Waals surface area contributed by atoms with Crippen molar-refractivity contribution in [3.8, 4) is 11.6 Å². The highest BCUT2D eigenvalue weighted by molar-refractivity contribution is 5.85. The molecule has 1 N–H and O–H groups in total. The van der Waals surface area contributed by atoms with E-state index in [2.05, 4.69) is 15.3 Å². The molecule has 1 aromatic heterocycles. The van der Waals surface area contributed by atoms with Crippen LogP contribution in [0.3, 0.4) is 0 Å². The number of hydrogen-bond acceptors (Lipinski definition) is 5. The monoisotopic (exact) mass is 287 g/mol. The van der Waals surface area contributed by atoms with Crippen LogP contribution in [-0.2, 0) is 4.74 Å². The van der Waals surface area contributed by atoms with Gasteiger partial charge in [0.2, 0.25) is 5.88 Å². The number of aromatic nitrogens is 2. The fourth-order valence-corrected chi connectivity index (χ4v) is 1.52. The van der Waals surface area contributed by atoms with Gasteiger partial charge in [-0.05, 0) is 32.9 Å². The Morgan fingerprint density at radius 3 is 2.71 bits per heavy atom. The van der Waals surface area contributed by atoms with E-state index in [1.807, 2.05) is 0 Å². The Morgan fingerprint density at radius 2 is 2.05 bits per heavy atom. The molecule has 0 aliphatic carbocycles. The van der Waals surface area contributed by atoms with Gasteiger partial charge in [-0.25, -0.2) is 14.8 Å². The number of amides is 1. The fraction of sp³-hybridized carbons (Fsp3) is 0.267. The van der Waals surface area contributed by atoms with Gasteiger partial charge in [0.15, 0.2) is 0 Å². The van der Waals surface area contributed by atoms with Crippen LogP contribution >= 0.6 is 0 Å². The Labute approximate surface area is 123 Å². The summed E-state index contributed by atoms with van der Waals surface area (Å²) in [6.45, 7) is 5.42. The summed E-state index contributed by atoms with van der Waals surface area (Å²) >= 11 is 0. The lowest BCUT2D eigenvalue weighted by Gasteiger charge is -2.19. The summed E-state index contributed by atoms with van der Waals surface area (Å²) in [5.41, 5.74) is 0.0369. The van der Waals surface area contributed by atoms with Crippen molar-refractivity contribution in [3.05, 3.63) is 42.9 Å². The minimum Gasteiger partial charge on any atom is -0.444 e. The summed E-state index contributed by atoms with van der Waals surface area (Å²) in [5, 5.41) is 2.65. The molecule has 1 amide bonds. The zero-order valence-corrected chi connectivity index (χ0v) is 12.2. The van der Waals surface area contributed by atoms with E-state index in [1.54, 1.807) is 57.3 Å². The molecule has 0 aliphatic rings. The standard InChI is InChI=1S/C15H17N3O3/c1-15(2,3)21-14(19)18-11-5-4-6-12(9-11)20-13-7-8-16-10-17-13/h4-10H,1-3H3,(H,18,19). The summed E-state index contributed by atoms with van der Waals surface area (Å²) < 4.78 is 10.7. The van der Waals surface area contributed by atoms with Crippen LogP contribution in [0.25, 0.3) is 0 Å². The number of nitrogens with one attached hydrogen (secondary N) is 1. The quantitative estimate of drug-likeness (QED) is 0.933. The first-order valence-corrected chi connectivity index (χ1v) is 6.46. The normalized spacial score (nSPS) is 10.8. The first-order chi connectivity index (χ1) is 9.92. The van der Waals surface area contributed by atoms with E-state index < -0.39 is 11.7 Å². The molecule has 110 valence electrons. The van der Waals surface area contributed by atoms with Crippen molar-refractivity contribution in [2.75, 3.05) is 5.32 Å². The highest BCUT2D eigenvalue weighted by atomic mass is 16.6. The molecule has 2 aromatic rings. The van der Waals surface area contributed by atoms with Gasteiger partial charge in [-0.2, -0.15) is 0 Å². The molecule has 0 saturated heterocycles. The molecule has 21 heavy (non-hydrogen) atoms. The van der Waals surface area contributed by atoms with Gasteiger partial charge in [0, 0.05) is 24.0 Å². The second-order valence-electron chi connectivity index (χ2n) is 5.30. The van der Waals surface area contributed by atoms with Gasteiger partial charge in [-0.1, -0.05) is 6.07 Å². The summed E-state index contributed by atoms with van der Waals surface area (Å²) in [5.74, 6) is 0.988. The molecule has 6 nitrogen and oxygen atoms in total. The summed E-state index contributed by atoms with van der Waals surface area (Å²) in [6, 6.07) is 8.61. The molecule has 0 spiro atoms. The van der Waals surface area contributed by atoms with Crippen molar-refractivity contribution in [1.29, 1.82) is 0 Å². The lowest BCUT2D eigenvalue weighted by atomic mass is 10.2. The maximum Gasteiger partial charge on any atom is 0.412 e. The van der Waals surface area contributed by atoms with Crippen LogP contribution in [0.5, 0.6) is 11.6 Å². The average Bonchev–Trinajstić information content (AvgIpc) is 2.38. The molecule has 1 heterocycles. The Hall–Kier alpha value is -2.63. The predicted octanol–water partition coefficient (Wildman–Crippen LogP) is 3.62. The predicted molar refractivity (Wildman–Crippen MR) is 78.4 cm³/mol. The Bertz CT molecular complexity index is 609. The highest BCUT2D eigenvalue weighted by Crippen LogP contribution is 2.22. The molecule has 0 fully saturated rings. The topological polar surface area (TPSA) is 73.3 Å². The highest BCUT2D eigenvalue weighted by Gasteiger charge is 2.16. The molecule has 1 aromatic carbocycles. The van der Waals surface area contributed by atoms with Crippen LogP contribution in [0.4, 0.5) is 10.5 Å². The van der Waals surface area contributed by atoms with Crippen molar-refractivity contribution in [2.24, 2.45) is 0 Å². The third kappa shape index (κ3) is 5.10. The van der Waals surface area contributed by atoms with Crippen molar-refractivity contribution < 1.29 is 14.3 Å². The number of hydrogen-bond donors (Lipinski definition) is 1. The van der Waals surface area contributed by atoms with Crippen molar-refractivity contribution in [2.45, 2.75) is 26.4 Å². The van der Waals surface area contributed by atoms with Crippen LogP contribution in [0, 0.1) is 0 Å². The average molecular weight is 287 g/mol. The number of carbonyl (C=O) groups excluding carboxylic acids is 1.